The van der Waals surface area contributed by atoms with E-state index in [9.17, 15) is 9.18 Å². The number of hydrogen-bond donors (Lipinski definition) is 1. The Labute approximate surface area is 172 Å². The van der Waals surface area contributed by atoms with Crippen molar-refractivity contribution in [3.63, 3.8) is 0 Å². The summed E-state index contributed by atoms with van der Waals surface area (Å²) in [4.78, 5) is 17.0. The largest absolute Gasteiger partial charge is 0.479 e. The molecule has 3 aromatic rings. The molecule has 0 spiro atoms. The summed E-state index contributed by atoms with van der Waals surface area (Å²) < 4.78 is 18.3. The van der Waals surface area contributed by atoms with E-state index in [0.29, 0.717) is 28.6 Å². The first-order valence-electron chi connectivity index (χ1n) is 8.85. The van der Waals surface area contributed by atoms with Crippen molar-refractivity contribution in [1.82, 2.24) is 10.3 Å². The van der Waals surface area contributed by atoms with Crippen LogP contribution in [0.1, 0.15) is 21.5 Å². The van der Waals surface area contributed by atoms with E-state index in [-0.39, 0.29) is 18.3 Å². The van der Waals surface area contributed by atoms with Gasteiger partial charge in [-0.1, -0.05) is 24.3 Å². The SMILES string of the molecule is N#CCOc1cccc(CNC(=O)c2cccnc2SCc2ccc(F)cc2)c1. The normalized spacial score (nSPS) is 10.2. The van der Waals surface area contributed by atoms with E-state index in [1.54, 1.807) is 42.6 Å². The Hall–Kier alpha value is -3.37. The molecular formula is C22H18FN3O2S. The zero-order valence-electron chi connectivity index (χ0n) is 15.5. The second kappa shape index (κ2) is 10.2. The maximum atomic E-state index is 13.0. The predicted molar refractivity (Wildman–Crippen MR) is 109 cm³/mol. The van der Waals surface area contributed by atoms with Gasteiger partial charge in [-0.05, 0) is 47.5 Å². The van der Waals surface area contributed by atoms with Gasteiger partial charge >= 0.3 is 0 Å². The maximum absolute atomic E-state index is 13.0. The molecule has 0 aliphatic rings. The van der Waals surface area contributed by atoms with Crippen molar-refractivity contribution >= 4 is 17.7 Å². The number of nitriles is 1. The van der Waals surface area contributed by atoms with Crippen LogP contribution in [0.2, 0.25) is 0 Å². The van der Waals surface area contributed by atoms with Gasteiger partial charge in [-0.15, -0.1) is 11.8 Å². The van der Waals surface area contributed by atoms with Gasteiger partial charge in [0.05, 0.1) is 5.56 Å². The molecule has 146 valence electrons. The van der Waals surface area contributed by atoms with E-state index in [0.717, 1.165) is 11.1 Å². The van der Waals surface area contributed by atoms with Crippen molar-refractivity contribution in [2.45, 2.75) is 17.3 Å². The fraction of sp³-hybridized carbons (Fsp3) is 0.136. The van der Waals surface area contributed by atoms with E-state index in [4.69, 9.17) is 10.00 Å². The Morgan fingerprint density at radius 2 is 1.97 bits per heavy atom. The Bertz CT molecular complexity index is 1020. The van der Waals surface area contributed by atoms with Gasteiger partial charge in [0.1, 0.15) is 22.7 Å². The van der Waals surface area contributed by atoms with E-state index in [1.165, 1.54) is 23.9 Å². The van der Waals surface area contributed by atoms with Gasteiger partial charge < -0.3 is 10.1 Å². The molecule has 0 radical (unpaired) electrons. The summed E-state index contributed by atoms with van der Waals surface area (Å²) in [5.41, 5.74) is 2.29. The van der Waals surface area contributed by atoms with Crippen LogP contribution in [0.15, 0.2) is 71.9 Å². The average molecular weight is 407 g/mol. The van der Waals surface area contributed by atoms with Crippen molar-refractivity contribution in [1.29, 1.82) is 5.26 Å². The van der Waals surface area contributed by atoms with Crippen LogP contribution >= 0.6 is 11.8 Å². The van der Waals surface area contributed by atoms with Crippen LogP contribution in [0, 0.1) is 17.1 Å². The average Bonchev–Trinajstić information content (AvgIpc) is 2.76. The third kappa shape index (κ3) is 6.06. The third-order valence-corrected chi connectivity index (χ3v) is 5.04. The molecule has 0 aliphatic carbocycles. The number of nitrogens with zero attached hydrogens (tertiary/aromatic N) is 2. The van der Waals surface area contributed by atoms with Crippen LogP contribution < -0.4 is 10.1 Å². The fourth-order valence-corrected chi connectivity index (χ4v) is 3.50. The molecule has 0 bridgehead atoms. The van der Waals surface area contributed by atoms with E-state index in [1.807, 2.05) is 18.2 Å². The second-order valence-corrected chi connectivity index (χ2v) is 7.01. The van der Waals surface area contributed by atoms with Crippen molar-refractivity contribution in [3.8, 4) is 11.8 Å². The molecule has 1 amide bonds. The summed E-state index contributed by atoms with van der Waals surface area (Å²) in [6.45, 7) is 0.291. The maximum Gasteiger partial charge on any atom is 0.254 e. The Morgan fingerprint density at radius 1 is 1.14 bits per heavy atom. The number of hydrogen-bond acceptors (Lipinski definition) is 5. The van der Waals surface area contributed by atoms with Crippen molar-refractivity contribution < 1.29 is 13.9 Å². The molecule has 1 heterocycles. The lowest BCUT2D eigenvalue weighted by Crippen LogP contribution is -2.23. The summed E-state index contributed by atoms with van der Waals surface area (Å²) in [6.07, 6.45) is 1.64. The monoisotopic (exact) mass is 407 g/mol. The summed E-state index contributed by atoms with van der Waals surface area (Å²) in [7, 11) is 0. The van der Waals surface area contributed by atoms with Gasteiger partial charge in [0.15, 0.2) is 6.61 Å². The van der Waals surface area contributed by atoms with E-state index in [2.05, 4.69) is 10.3 Å². The Kier molecular flexibility index (Phi) is 7.20. The van der Waals surface area contributed by atoms with Crippen LogP contribution in [-0.4, -0.2) is 17.5 Å². The molecule has 3 rings (SSSR count). The molecule has 0 atom stereocenters. The number of rotatable bonds is 8. The van der Waals surface area contributed by atoms with Gasteiger partial charge in [-0.25, -0.2) is 9.37 Å². The highest BCUT2D eigenvalue weighted by molar-refractivity contribution is 7.98. The number of amides is 1. The highest BCUT2D eigenvalue weighted by atomic mass is 32.2. The fourth-order valence-electron chi connectivity index (χ4n) is 2.55. The molecule has 29 heavy (non-hydrogen) atoms. The number of carbonyl (C=O) groups is 1. The second-order valence-electron chi connectivity index (χ2n) is 6.05. The molecule has 0 saturated carbocycles. The first-order valence-corrected chi connectivity index (χ1v) is 9.83. The number of benzene rings is 2. The van der Waals surface area contributed by atoms with Gasteiger partial charge in [-0.3, -0.25) is 4.79 Å². The van der Waals surface area contributed by atoms with Crippen molar-refractivity contribution in [2.75, 3.05) is 6.61 Å². The van der Waals surface area contributed by atoms with Crippen molar-refractivity contribution in [2.24, 2.45) is 0 Å². The standard InChI is InChI=1S/C22H18FN3O2S/c23-18-8-6-16(7-9-18)15-29-22-20(5-2-11-25-22)21(27)26-14-17-3-1-4-19(13-17)28-12-10-24/h1-9,11,13H,12,14-15H2,(H,26,27). The molecular weight excluding hydrogens is 389 g/mol. The Balaban J connectivity index is 1.62. The highest BCUT2D eigenvalue weighted by Gasteiger charge is 2.13. The predicted octanol–water partition coefficient (Wildman–Crippen LogP) is 4.35. The minimum absolute atomic E-state index is 0.0276. The minimum atomic E-state index is -0.279. The van der Waals surface area contributed by atoms with Gasteiger partial charge in [-0.2, -0.15) is 5.26 Å². The molecule has 0 fully saturated rings. The van der Waals surface area contributed by atoms with Gasteiger partial charge in [0, 0.05) is 18.5 Å². The number of halogens is 1. The zero-order chi connectivity index (χ0) is 20.5. The smallest absolute Gasteiger partial charge is 0.254 e. The van der Waals surface area contributed by atoms with E-state index < -0.39 is 0 Å². The van der Waals surface area contributed by atoms with Gasteiger partial charge in [0.25, 0.3) is 5.91 Å². The Morgan fingerprint density at radius 3 is 2.76 bits per heavy atom. The number of aromatic nitrogens is 1. The zero-order valence-corrected chi connectivity index (χ0v) is 16.3. The van der Waals surface area contributed by atoms with Crippen molar-refractivity contribution in [3.05, 3.63) is 89.4 Å². The molecule has 5 nitrogen and oxygen atoms in total. The first kappa shape index (κ1) is 20.4. The minimum Gasteiger partial charge on any atom is -0.479 e. The highest BCUT2D eigenvalue weighted by Crippen LogP contribution is 2.24. The van der Waals surface area contributed by atoms with Crippen LogP contribution in [-0.2, 0) is 12.3 Å². The lowest BCUT2D eigenvalue weighted by Gasteiger charge is -2.10. The lowest BCUT2D eigenvalue weighted by atomic mass is 10.2. The lowest BCUT2D eigenvalue weighted by molar-refractivity contribution is 0.0947. The van der Waals surface area contributed by atoms with Crippen LogP contribution in [0.4, 0.5) is 4.39 Å². The first-order chi connectivity index (χ1) is 14.2. The molecule has 2 aromatic carbocycles. The summed E-state index contributed by atoms with van der Waals surface area (Å²) in [5, 5.41) is 12.1. The number of carbonyl (C=O) groups excluding carboxylic acids is 1. The van der Waals surface area contributed by atoms with Crippen LogP contribution in [0.25, 0.3) is 0 Å². The molecule has 0 aliphatic heterocycles. The number of nitrogens with one attached hydrogen (secondary N) is 1. The topological polar surface area (TPSA) is 75.0 Å². The quantitative estimate of drug-likeness (QED) is 0.562. The summed E-state index contributed by atoms with van der Waals surface area (Å²) in [5.74, 6) is 0.646. The number of pyridine rings is 1. The van der Waals surface area contributed by atoms with Gasteiger partial charge in [0.2, 0.25) is 0 Å². The molecule has 7 heteroatoms. The van der Waals surface area contributed by atoms with Crippen LogP contribution in [0.3, 0.4) is 0 Å². The summed E-state index contributed by atoms with van der Waals surface area (Å²) in [6, 6.07) is 18.8. The number of ether oxygens (including phenoxy) is 1. The molecule has 1 aromatic heterocycles. The molecule has 0 unspecified atom stereocenters. The number of thioether (sulfide) groups is 1. The third-order valence-electron chi connectivity index (χ3n) is 3.96. The van der Waals surface area contributed by atoms with Crippen LogP contribution in [0.5, 0.6) is 5.75 Å². The molecule has 1 N–H and O–H groups in total. The summed E-state index contributed by atoms with van der Waals surface area (Å²) >= 11 is 1.42. The van der Waals surface area contributed by atoms with E-state index >= 15 is 0 Å². The molecule has 0 saturated heterocycles.